The lowest BCUT2D eigenvalue weighted by molar-refractivity contribution is -0.165. The van der Waals surface area contributed by atoms with Crippen LogP contribution in [0.5, 0.6) is 0 Å². The van der Waals surface area contributed by atoms with Gasteiger partial charge in [-0.05, 0) is 17.7 Å². The van der Waals surface area contributed by atoms with Gasteiger partial charge in [0.15, 0.2) is 0 Å². The Morgan fingerprint density at radius 2 is 2.10 bits per heavy atom. The number of hydrogen-bond acceptors (Lipinski definition) is 5. The lowest BCUT2D eigenvalue weighted by Crippen LogP contribution is -2.53. The minimum absolute atomic E-state index is 0.0153. The average Bonchev–Trinajstić information content (AvgIpc) is 2.52. The first-order chi connectivity index (χ1) is 9.77. The van der Waals surface area contributed by atoms with Crippen LogP contribution in [-0.4, -0.2) is 24.5 Å². The van der Waals surface area contributed by atoms with E-state index in [2.05, 4.69) is 5.32 Å². The van der Waals surface area contributed by atoms with E-state index in [4.69, 9.17) is 9.47 Å². The number of rotatable bonds is 6. The maximum Gasteiger partial charge on any atom is 0.371 e. The number of benzene rings is 1. The van der Waals surface area contributed by atoms with Crippen molar-refractivity contribution in [2.45, 2.75) is 12.3 Å². The Morgan fingerprint density at radius 3 is 2.75 bits per heavy atom. The van der Waals surface area contributed by atoms with Crippen molar-refractivity contribution in [3.05, 3.63) is 60.4 Å². The molecule has 1 aliphatic rings. The number of allylic oxidation sites excluding steroid dienone is 2. The second-order valence-electron chi connectivity index (χ2n) is 4.15. The Bertz CT molecular complexity index is 524. The molecule has 2 rings (SSSR count). The number of aldehydes is 1. The van der Waals surface area contributed by atoms with Crippen LogP contribution in [0.4, 0.5) is 0 Å². The van der Waals surface area contributed by atoms with Gasteiger partial charge in [0.2, 0.25) is 0 Å². The molecule has 0 spiro atoms. The third kappa shape index (κ3) is 3.33. The lowest BCUT2D eigenvalue weighted by Gasteiger charge is -2.29. The van der Waals surface area contributed by atoms with Gasteiger partial charge < -0.3 is 14.3 Å². The smallest absolute Gasteiger partial charge is 0.371 e. The Morgan fingerprint density at radius 1 is 1.30 bits per heavy atom. The molecule has 0 amide bonds. The zero-order valence-corrected chi connectivity index (χ0v) is 10.8. The maximum absolute atomic E-state index is 12.2. The number of esters is 1. The second kappa shape index (κ2) is 6.68. The van der Waals surface area contributed by atoms with Crippen LogP contribution in [0.2, 0.25) is 0 Å². The molecule has 0 saturated heterocycles. The first kappa shape index (κ1) is 14.0. The van der Waals surface area contributed by atoms with Crippen LogP contribution in [0.1, 0.15) is 5.56 Å². The van der Waals surface area contributed by atoms with Gasteiger partial charge in [-0.15, -0.1) is 0 Å². The summed E-state index contributed by atoms with van der Waals surface area (Å²) in [5.74, 6) is -0.594. The summed E-state index contributed by atoms with van der Waals surface area (Å²) in [5.41, 5.74) is -0.563. The molecule has 0 aromatic heterocycles. The highest BCUT2D eigenvalue weighted by molar-refractivity contribution is 5.82. The molecular formula is C15H15NO4. The Labute approximate surface area is 116 Å². The molecule has 1 atom stereocenters. The fourth-order valence-electron chi connectivity index (χ4n) is 1.73. The van der Waals surface area contributed by atoms with E-state index >= 15 is 0 Å². The zero-order chi connectivity index (χ0) is 14.3. The Kier molecular flexibility index (Phi) is 4.68. The van der Waals surface area contributed by atoms with Gasteiger partial charge in [0.25, 0.3) is 5.72 Å². The topological polar surface area (TPSA) is 64.6 Å². The summed E-state index contributed by atoms with van der Waals surface area (Å²) >= 11 is 0. The van der Waals surface area contributed by atoms with Crippen molar-refractivity contribution in [2.75, 3.05) is 6.54 Å². The third-order valence-electron chi connectivity index (χ3n) is 2.74. The minimum atomic E-state index is -1.44. The van der Waals surface area contributed by atoms with Crippen LogP contribution < -0.4 is 5.32 Å². The summed E-state index contributed by atoms with van der Waals surface area (Å²) in [6.45, 7) is 0.129. The number of hydrogen-bond donors (Lipinski definition) is 1. The Balaban J connectivity index is 2.02. The molecule has 0 saturated carbocycles. The fraction of sp³-hybridized carbons (Fsp3) is 0.200. The molecule has 1 heterocycles. The van der Waals surface area contributed by atoms with Crippen LogP contribution in [0.3, 0.4) is 0 Å². The van der Waals surface area contributed by atoms with Crippen molar-refractivity contribution >= 4 is 12.3 Å². The first-order valence-corrected chi connectivity index (χ1v) is 6.19. The molecule has 1 aromatic carbocycles. The monoisotopic (exact) mass is 273 g/mol. The highest BCUT2D eigenvalue weighted by Gasteiger charge is 2.39. The van der Waals surface area contributed by atoms with Crippen LogP contribution >= 0.6 is 0 Å². The van der Waals surface area contributed by atoms with E-state index in [-0.39, 0.29) is 13.2 Å². The van der Waals surface area contributed by atoms with E-state index in [1.807, 2.05) is 30.3 Å². The number of carbonyl (C=O) groups is 2. The van der Waals surface area contributed by atoms with Gasteiger partial charge in [-0.25, -0.2) is 4.79 Å². The number of ether oxygens (including phenoxy) is 2. The van der Waals surface area contributed by atoms with E-state index in [0.717, 1.165) is 5.56 Å². The Hall–Kier alpha value is -2.40. The van der Waals surface area contributed by atoms with Crippen molar-refractivity contribution in [1.82, 2.24) is 5.32 Å². The highest BCUT2D eigenvalue weighted by Crippen LogP contribution is 2.17. The van der Waals surface area contributed by atoms with Gasteiger partial charge in [0, 0.05) is 0 Å². The van der Waals surface area contributed by atoms with Gasteiger partial charge in [-0.1, -0.05) is 36.4 Å². The maximum atomic E-state index is 12.2. The van der Waals surface area contributed by atoms with Gasteiger partial charge in [0.05, 0.1) is 12.8 Å². The van der Waals surface area contributed by atoms with Gasteiger partial charge >= 0.3 is 5.97 Å². The van der Waals surface area contributed by atoms with E-state index in [1.165, 1.54) is 12.3 Å². The molecule has 0 fully saturated rings. The molecule has 104 valence electrons. The third-order valence-corrected chi connectivity index (χ3v) is 2.74. The second-order valence-corrected chi connectivity index (χ2v) is 4.15. The van der Waals surface area contributed by atoms with Crippen molar-refractivity contribution in [2.24, 2.45) is 0 Å². The summed E-state index contributed by atoms with van der Waals surface area (Å²) in [6.07, 6.45) is 6.85. The van der Waals surface area contributed by atoms with Crippen molar-refractivity contribution in [1.29, 1.82) is 0 Å². The lowest BCUT2D eigenvalue weighted by atomic mass is 10.1. The number of carbonyl (C=O) groups excluding carboxylic acids is 2. The molecule has 5 heteroatoms. The summed E-state index contributed by atoms with van der Waals surface area (Å²) < 4.78 is 10.5. The largest absolute Gasteiger partial charge is 0.465 e. The molecular weight excluding hydrogens is 258 g/mol. The molecule has 1 unspecified atom stereocenters. The summed E-state index contributed by atoms with van der Waals surface area (Å²) in [6, 6.07) is 9.33. The molecule has 1 N–H and O–H groups in total. The van der Waals surface area contributed by atoms with Crippen molar-refractivity contribution in [3.63, 3.8) is 0 Å². The summed E-state index contributed by atoms with van der Waals surface area (Å²) in [7, 11) is 0. The van der Waals surface area contributed by atoms with Crippen LogP contribution in [0, 0.1) is 0 Å². The van der Waals surface area contributed by atoms with Crippen LogP contribution in [0.25, 0.3) is 0 Å². The average molecular weight is 273 g/mol. The van der Waals surface area contributed by atoms with E-state index in [9.17, 15) is 9.59 Å². The molecule has 1 aromatic rings. The molecule has 20 heavy (non-hydrogen) atoms. The molecule has 0 bridgehead atoms. The first-order valence-electron chi connectivity index (χ1n) is 6.19. The van der Waals surface area contributed by atoms with Gasteiger partial charge in [0.1, 0.15) is 12.9 Å². The standard InChI is InChI=1S/C15H15NO4/c17-10-9-16-15(8-4-5-11-20-15)14(18)19-12-13-6-2-1-3-7-13/h1-8,10-11,16H,9,12H2. The summed E-state index contributed by atoms with van der Waals surface area (Å²) in [4.78, 5) is 22.7. The van der Waals surface area contributed by atoms with E-state index < -0.39 is 11.7 Å². The SMILES string of the molecule is O=CCNC1(C(=O)OCc2ccccc2)C=CC=CO1. The van der Waals surface area contributed by atoms with Crippen LogP contribution in [0.15, 0.2) is 54.8 Å². The van der Waals surface area contributed by atoms with E-state index in [1.54, 1.807) is 12.2 Å². The molecule has 5 nitrogen and oxygen atoms in total. The van der Waals surface area contributed by atoms with E-state index in [0.29, 0.717) is 6.29 Å². The minimum Gasteiger partial charge on any atom is -0.465 e. The van der Waals surface area contributed by atoms with Crippen molar-refractivity contribution < 1.29 is 19.1 Å². The quantitative estimate of drug-likeness (QED) is 0.625. The molecule has 0 radical (unpaired) electrons. The molecule has 1 aliphatic heterocycles. The predicted octanol–water partition coefficient (Wildman–Crippen LogP) is 1.31. The predicted molar refractivity (Wildman–Crippen MR) is 72.4 cm³/mol. The van der Waals surface area contributed by atoms with Gasteiger partial charge in [-0.3, -0.25) is 5.32 Å². The number of nitrogens with one attached hydrogen (secondary N) is 1. The normalized spacial score (nSPS) is 20.2. The summed E-state index contributed by atoms with van der Waals surface area (Å²) in [5, 5.41) is 2.72. The zero-order valence-electron chi connectivity index (χ0n) is 10.8. The molecule has 0 aliphatic carbocycles. The van der Waals surface area contributed by atoms with Crippen molar-refractivity contribution in [3.8, 4) is 0 Å². The fourth-order valence-corrected chi connectivity index (χ4v) is 1.73. The van der Waals surface area contributed by atoms with Gasteiger partial charge in [-0.2, -0.15) is 0 Å². The van der Waals surface area contributed by atoms with Crippen LogP contribution in [-0.2, 0) is 25.7 Å². The highest BCUT2D eigenvalue weighted by atomic mass is 16.6.